The van der Waals surface area contributed by atoms with Crippen LogP contribution in [0, 0.1) is 19.7 Å². The van der Waals surface area contributed by atoms with Gasteiger partial charge >= 0.3 is 0 Å². The molecule has 1 aromatic carbocycles. The normalized spacial score (nSPS) is 11.9. The van der Waals surface area contributed by atoms with Gasteiger partial charge in [-0.3, -0.25) is 4.79 Å². The van der Waals surface area contributed by atoms with E-state index in [9.17, 15) is 9.18 Å². The molecular weight excluding hydrogens is 383 g/mol. The number of carbonyl (C=O) groups excluding carboxylic acids is 1. The Hall–Kier alpha value is -2.93. The largest absolute Gasteiger partial charge is 0.494 e. The van der Waals surface area contributed by atoms with E-state index in [1.807, 2.05) is 19.9 Å². The number of hydrogen-bond donors (Lipinski definition) is 1. The lowest BCUT2D eigenvalue weighted by atomic mass is 10.1. The Morgan fingerprint density at radius 1 is 1.25 bits per heavy atom. The molecule has 0 fully saturated rings. The summed E-state index contributed by atoms with van der Waals surface area (Å²) in [5, 5.41) is 7.38. The van der Waals surface area contributed by atoms with Gasteiger partial charge in [0.25, 0.3) is 5.91 Å². The number of rotatable bonds is 5. The van der Waals surface area contributed by atoms with Crippen LogP contribution in [0.3, 0.4) is 0 Å². The van der Waals surface area contributed by atoms with Gasteiger partial charge in [-0.25, -0.2) is 14.1 Å². The highest BCUT2D eigenvalue weighted by molar-refractivity contribution is 6.33. The van der Waals surface area contributed by atoms with Gasteiger partial charge in [0.1, 0.15) is 5.69 Å². The van der Waals surface area contributed by atoms with Crippen molar-refractivity contribution in [1.82, 2.24) is 20.1 Å². The van der Waals surface area contributed by atoms with Crippen molar-refractivity contribution in [3.63, 3.8) is 0 Å². The number of hydrogen-bond acceptors (Lipinski definition) is 4. The second kappa shape index (κ2) is 7.98. The molecule has 6 nitrogen and oxygen atoms in total. The number of benzene rings is 1. The number of ether oxygens (including phenoxy) is 1. The predicted octanol–water partition coefficient (Wildman–Crippen LogP) is 4.18. The van der Waals surface area contributed by atoms with Crippen LogP contribution in [0.25, 0.3) is 5.82 Å². The first-order valence-corrected chi connectivity index (χ1v) is 9.02. The molecule has 0 bridgehead atoms. The molecule has 3 rings (SSSR count). The van der Waals surface area contributed by atoms with Gasteiger partial charge in [0.15, 0.2) is 17.4 Å². The zero-order valence-electron chi connectivity index (χ0n) is 16.0. The Kier molecular flexibility index (Phi) is 5.65. The first kappa shape index (κ1) is 19.8. The zero-order valence-corrected chi connectivity index (χ0v) is 16.7. The molecule has 1 atom stereocenters. The van der Waals surface area contributed by atoms with E-state index in [-0.39, 0.29) is 16.5 Å². The van der Waals surface area contributed by atoms with Crippen LogP contribution in [-0.4, -0.2) is 27.8 Å². The predicted molar refractivity (Wildman–Crippen MR) is 105 cm³/mol. The van der Waals surface area contributed by atoms with E-state index in [1.54, 1.807) is 29.8 Å². The second-order valence-electron chi connectivity index (χ2n) is 6.43. The van der Waals surface area contributed by atoms with Crippen molar-refractivity contribution in [3.8, 4) is 11.6 Å². The number of nitrogens with zero attached hydrogens (tertiary/aromatic N) is 3. The van der Waals surface area contributed by atoms with Gasteiger partial charge in [-0.15, -0.1) is 0 Å². The summed E-state index contributed by atoms with van der Waals surface area (Å²) < 4.78 is 20.5. The quantitative estimate of drug-likeness (QED) is 0.695. The Balaban J connectivity index is 1.85. The van der Waals surface area contributed by atoms with Crippen molar-refractivity contribution in [2.75, 3.05) is 7.11 Å². The molecule has 1 amide bonds. The monoisotopic (exact) mass is 402 g/mol. The maximum Gasteiger partial charge on any atom is 0.271 e. The van der Waals surface area contributed by atoms with Gasteiger partial charge in [0, 0.05) is 5.69 Å². The van der Waals surface area contributed by atoms with Crippen LogP contribution in [0.2, 0.25) is 5.02 Å². The third-order valence-electron chi connectivity index (χ3n) is 4.30. The number of aromatic nitrogens is 3. The average Bonchev–Trinajstić information content (AvgIpc) is 3.00. The van der Waals surface area contributed by atoms with Crippen molar-refractivity contribution < 1.29 is 13.9 Å². The molecule has 0 radical (unpaired) electrons. The lowest BCUT2D eigenvalue weighted by Crippen LogP contribution is -2.28. The molecule has 1 N–H and O–H groups in total. The summed E-state index contributed by atoms with van der Waals surface area (Å²) in [6.07, 6.45) is 0. The second-order valence-corrected chi connectivity index (χ2v) is 6.84. The summed E-state index contributed by atoms with van der Waals surface area (Å²) in [6.45, 7) is 5.52. The lowest BCUT2D eigenvalue weighted by molar-refractivity contribution is 0.0935. The minimum atomic E-state index is -0.496. The van der Waals surface area contributed by atoms with Gasteiger partial charge in [0.05, 0.1) is 23.9 Å². The third-order valence-corrected chi connectivity index (χ3v) is 4.60. The molecule has 0 saturated heterocycles. The van der Waals surface area contributed by atoms with Crippen molar-refractivity contribution in [2.45, 2.75) is 26.8 Å². The fourth-order valence-electron chi connectivity index (χ4n) is 2.87. The number of amides is 1. The summed E-state index contributed by atoms with van der Waals surface area (Å²) in [7, 11) is 1.40. The molecule has 2 heterocycles. The fourth-order valence-corrected chi connectivity index (χ4v) is 3.06. The Labute approximate surface area is 167 Å². The van der Waals surface area contributed by atoms with Gasteiger partial charge in [-0.1, -0.05) is 17.7 Å². The highest BCUT2D eigenvalue weighted by Gasteiger charge is 2.18. The smallest absolute Gasteiger partial charge is 0.271 e. The molecule has 0 spiro atoms. The SMILES string of the molecule is COc1ccc(C(C)NC(=O)c2nc(-n3nc(C)cc3C)ccc2Cl)cc1F. The fraction of sp³-hybridized carbons (Fsp3) is 0.250. The van der Waals surface area contributed by atoms with Crippen LogP contribution < -0.4 is 10.1 Å². The zero-order chi connectivity index (χ0) is 20.4. The molecule has 0 aliphatic rings. The number of halogens is 2. The highest BCUT2D eigenvalue weighted by atomic mass is 35.5. The van der Waals surface area contributed by atoms with Gasteiger partial charge in [-0.05, 0) is 56.7 Å². The lowest BCUT2D eigenvalue weighted by Gasteiger charge is -2.16. The molecule has 28 heavy (non-hydrogen) atoms. The maximum atomic E-state index is 13.9. The number of aryl methyl sites for hydroxylation is 2. The van der Waals surface area contributed by atoms with Crippen LogP contribution in [0.15, 0.2) is 36.4 Å². The van der Waals surface area contributed by atoms with E-state index in [0.29, 0.717) is 11.4 Å². The molecule has 146 valence electrons. The standard InChI is InChI=1S/C20H20ClFN4O2/c1-11-9-12(2)26(25-11)18-8-6-15(21)19(24-18)20(27)23-13(3)14-5-7-17(28-4)16(22)10-14/h5-10,13H,1-4H3,(H,23,27). The van der Waals surface area contributed by atoms with Crippen LogP contribution in [0.5, 0.6) is 5.75 Å². The first-order chi connectivity index (χ1) is 13.3. The van der Waals surface area contributed by atoms with Crippen molar-refractivity contribution in [2.24, 2.45) is 0 Å². The van der Waals surface area contributed by atoms with Crippen LogP contribution in [-0.2, 0) is 0 Å². The first-order valence-electron chi connectivity index (χ1n) is 8.64. The van der Waals surface area contributed by atoms with E-state index in [2.05, 4.69) is 15.4 Å². The van der Waals surface area contributed by atoms with Crippen LogP contribution >= 0.6 is 11.6 Å². The Morgan fingerprint density at radius 2 is 2.00 bits per heavy atom. The van der Waals surface area contributed by atoms with Gasteiger partial charge in [-0.2, -0.15) is 5.10 Å². The summed E-state index contributed by atoms with van der Waals surface area (Å²) in [4.78, 5) is 17.1. The van der Waals surface area contributed by atoms with Gasteiger partial charge in [0.2, 0.25) is 0 Å². The number of pyridine rings is 1. The molecule has 0 saturated carbocycles. The van der Waals surface area contributed by atoms with E-state index >= 15 is 0 Å². The summed E-state index contributed by atoms with van der Waals surface area (Å²) >= 11 is 6.19. The molecular formula is C20H20ClFN4O2. The van der Waals surface area contributed by atoms with E-state index in [1.165, 1.54) is 19.2 Å². The van der Waals surface area contributed by atoms with Crippen LogP contribution in [0.1, 0.15) is 40.4 Å². The minimum absolute atomic E-state index is 0.0764. The molecule has 3 aromatic rings. The Morgan fingerprint density at radius 3 is 2.61 bits per heavy atom. The Bertz CT molecular complexity index is 1040. The number of nitrogens with one attached hydrogen (secondary N) is 1. The third kappa shape index (κ3) is 3.99. The molecule has 8 heteroatoms. The summed E-state index contributed by atoms with van der Waals surface area (Å²) in [6, 6.07) is 9.29. The van der Waals surface area contributed by atoms with E-state index in [0.717, 1.165) is 11.4 Å². The van der Waals surface area contributed by atoms with E-state index in [4.69, 9.17) is 16.3 Å². The molecule has 1 unspecified atom stereocenters. The maximum absolute atomic E-state index is 13.9. The minimum Gasteiger partial charge on any atom is -0.494 e. The molecule has 0 aliphatic heterocycles. The summed E-state index contributed by atoms with van der Waals surface area (Å²) in [5.41, 5.74) is 2.40. The van der Waals surface area contributed by atoms with Crippen molar-refractivity contribution >= 4 is 17.5 Å². The van der Waals surface area contributed by atoms with E-state index < -0.39 is 17.8 Å². The number of methoxy groups -OCH3 is 1. The van der Waals surface area contributed by atoms with Crippen molar-refractivity contribution in [3.05, 3.63) is 69.9 Å². The number of carbonyl (C=O) groups is 1. The van der Waals surface area contributed by atoms with Gasteiger partial charge < -0.3 is 10.1 Å². The topological polar surface area (TPSA) is 69.0 Å². The molecule has 2 aromatic heterocycles. The molecule has 0 aliphatic carbocycles. The van der Waals surface area contributed by atoms with Crippen molar-refractivity contribution in [1.29, 1.82) is 0 Å². The average molecular weight is 403 g/mol. The summed E-state index contributed by atoms with van der Waals surface area (Å²) in [5.74, 6) is -0.325. The highest BCUT2D eigenvalue weighted by Crippen LogP contribution is 2.23. The van der Waals surface area contributed by atoms with Crippen LogP contribution in [0.4, 0.5) is 4.39 Å².